The van der Waals surface area contributed by atoms with Gasteiger partial charge in [0.25, 0.3) is 0 Å². The molecule has 2 aliphatic carbocycles. The van der Waals surface area contributed by atoms with E-state index in [1.807, 2.05) is 0 Å². The second-order valence-electron chi connectivity index (χ2n) is 7.54. The van der Waals surface area contributed by atoms with Crippen molar-refractivity contribution in [3.05, 3.63) is 33.4 Å². The molecule has 11 heteroatoms. The van der Waals surface area contributed by atoms with E-state index in [4.69, 9.17) is 16.5 Å². The number of amides is 2. The number of anilines is 1. The Morgan fingerprint density at radius 3 is 2.57 bits per heavy atom. The highest BCUT2D eigenvalue weighted by atomic mass is 32.2. The molecule has 0 aromatic carbocycles. The van der Waals surface area contributed by atoms with Crippen molar-refractivity contribution in [2.75, 3.05) is 12.4 Å². The minimum Gasteiger partial charge on any atom is -0.390 e. The van der Waals surface area contributed by atoms with E-state index in [9.17, 15) is 18.0 Å². The van der Waals surface area contributed by atoms with Crippen LogP contribution >= 0.6 is 11.9 Å². The molecule has 3 rings (SSSR count). The second-order valence-corrected chi connectivity index (χ2v) is 8.59. The van der Waals surface area contributed by atoms with Gasteiger partial charge in [-0.25, -0.2) is 14.2 Å². The number of primary amides is 1. The number of carbonyl (C=O) groups is 1. The topological polar surface area (TPSA) is 118 Å². The summed E-state index contributed by atoms with van der Waals surface area (Å²) < 4.78 is 37.8. The molecule has 2 amide bonds. The summed E-state index contributed by atoms with van der Waals surface area (Å²) in [6, 6.07) is -0.470. The Bertz CT molecular complexity index is 857. The third-order valence-corrected chi connectivity index (χ3v) is 5.58. The smallest absolute Gasteiger partial charge is 0.331 e. The van der Waals surface area contributed by atoms with Crippen molar-refractivity contribution in [3.8, 4) is 0 Å². The number of halogens is 3. The van der Waals surface area contributed by atoms with E-state index in [-0.39, 0.29) is 10.4 Å². The van der Waals surface area contributed by atoms with Gasteiger partial charge in [0.05, 0.1) is 17.6 Å². The third-order valence-electron chi connectivity index (χ3n) is 4.96. The maximum atomic E-state index is 12.6. The molecule has 2 aliphatic rings. The van der Waals surface area contributed by atoms with Crippen molar-refractivity contribution in [2.24, 2.45) is 16.5 Å². The Hall–Kier alpha value is -2.27. The quantitative estimate of drug-likeness (QED) is 0.315. The molecule has 0 radical (unpaired) electrons. The maximum Gasteiger partial charge on any atom is 0.331 e. The van der Waals surface area contributed by atoms with Crippen molar-refractivity contribution >= 4 is 29.9 Å². The SMILES string of the molecule is CC1(C)CCc2c1nc1c(c2NC(N)=O)CCC1.CNS/C(N)=C(F)/C=N/C(F)F. The molecule has 166 valence electrons. The standard InChI is InChI=1S/C14H19N3O.C5H8F3N3S/c1-14(2)7-6-9-11(17-13(15)18)8-4-3-5-10(8)16-12(9)14;1-10-12-4(9)3(6)2-11-5(7)8/h3-7H2,1-2H3,(H3,15,16,17,18);2,5,10H,9H2,1H3/b;4-3-,11-2+. The summed E-state index contributed by atoms with van der Waals surface area (Å²) in [4.78, 5) is 18.6. The van der Waals surface area contributed by atoms with Gasteiger partial charge in [-0.15, -0.1) is 0 Å². The van der Waals surface area contributed by atoms with E-state index >= 15 is 0 Å². The summed E-state index contributed by atoms with van der Waals surface area (Å²) in [5.41, 5.74) is 16.2. The number of allylic oxidation sites excluding steroid dienone is 1. The van der Waals surface area contributed by atoms with Crippen LogP contribution in [0.1, 0.15) is 49.2 Å². The van der Waals surface area contributed by atoms with Gasteiger partial charge in [0.15, 0.2) is 5.83 Å². The molecule has 0 unspecified atom stereocenters. The lowest BCUT2D eigenvalue weighted by Gasteiger charge is -2.20. The number of rotatable bonds is 5. The number of nitrogens with one attached hydrogen (secondary N) is 2. The van der Waals surface area contributed by atoms with Gasteiger partial charge in [-0.1, -0.05) is 13.8 Å². The lowest BCUT2D eigenvalue weighted by atomic mass is 9.90. The second kappa shape index (κ2) is 10.2. The first kappa shape index (κ1) is 24.0. The molecule has 30 heavy (non-hydrogen) atoms. The van der Waals surface area contributed by atoms with Gasteiger partial charge in [0.1, 0.15) is 5.03 Å². The van der Waals surface area contributed by atoms with E-state index in [2.05, 4.69) is 28.9 Å². The molecule has 1 heterocycles. The van der Waals surface area contributed by atoms with Gasteiger partial charge in [-0.05, 0) is 62.2 Å². The van der Waals surface area contributed by atoms with Crippen LogP contribution in [0.4, 0.5) is 23.7 Å². The van der Waals surface area contributed by atoms with Crippen molar-refractivity contribution in [1.82, 2.24) is 9.71 Å². The number of aromatic nitrogens is 1. The van der Waals surface area contributed by atoms with Gasteiger partial charge in [-0.2, -0.15) is 8.78 Å². The Balaban J connectivity index is 0.000000235. The number of hydrogen-bond acceptors (Lipinski definition) is 6. The summed E-state index contributed by atoms with van der Waals surface area (Å²) >= 11 is 0.787. The number of pyridine rings is 1. The summed E-state index contributed by atoms with van der Waals surface area (Å²) in [5.74, 6) is -0.977. The highest BCUT2D eigenvalue weighted by Gasteiger charge is 2.36. The van der Waals surface area contributed by atoms with Crippen LogP contribution in [0.25, 0.3) is 0 Å². The number of nitrogens with two attached hydrogens (primary N) is 2. The molecule has 0 saturated heterocycles. The summed E-state index contributed by atoms with van der Waals surface area (Å²) in [5, 5.41) is 2.61. The average molecular weight is 445 g/mol. The third kappa shape index (κ3) is 5.88. The van der Waals surface area contributed by atoms with Gasteiger partial charge in [-0.3, -0.25) is 9.71 Å². The van der Waals surface area contributed by atoms with E-state index in [1.165, 1.54) is 18.2 Å². The van der Waals surface area contributed by atoms with Gasteiger partial charge in [0.2, 0.25) is 0 Å². The molecule has 7 nitrogen and oxygen atoms in total. The Morgan fingerprint density at radius 1 is 1.27 bits per heavy atom. The Kier molecular flexibility index (Phi) is 8.13. The summed E-state index contributed by atoms with van der Waals surface area (Å²) in [6.45, 7) is 1.53. The number of urea groups is 1. The van der Waals surface area contributed by atoms with Gasteiger partial charge >= 0.3 is 12.6 Å². The van der Waals surface area contributed by atoms with Crippen LogP contribution in [0.15, 0.2) is 15.8 Å². The van der Waals surface area contributed by atoms with Crippen LogP contribution in [-0.2, 0) is 24.7 Å². The molecule has 0 saturated carbocycles. The largest absolute Gasteiger partial charge is 0.390 e. The fourth-order valence-electron chi connectivity index (χ4n) is 3.60. The van der Waals surface area contributed by atoms with Crippen LogP contribution < -0.4 is 21.5 Å². The first-order chi connectivity index (χ1) is 14.1. The number of aliphatic imine (C=N–C) groups is 1. The molecule has 1 aromatic rings. The van der Waals surface area contributed by atoms with Crippen LogP contribution in [-0.4, -0.2) is 30.8 Å². The highest BCUT2D eigenvalue weighted by molar-refractivity contribution is 8.01. The zero-order chi connectivity index (χ0) is 22.5. The summed E-state index contributed by atoms with van der Waals surface area (Å²) in [7, 11) is 1.52. The van der Waals surface area contributed by atoms with Gasteiger partial charge < -0.3 is 16.8 Å². The van der Waals surface area contributed by atoms with E-state index in [1.54, 1.807) is 0 Å². The Morgan fingerprint density at radius 2 is 1.97 bits per heavy atom. The van der Waals surface area contributed by atoms with E-state index in [0.717, 1.165) is 61.1 Å². The fourth-order valence-corrected chi connectivity index (χ4v) is 3.97. The zero-order valence-electron chi connectivity index (χ0n) is 17.2. The van der Waals surface area contributed by atoms with Crippen LogP contribution in [0, 0.1) is 0 Å². The number of carbonyl (C=O) groups excluding carboxylic acids is 1. The van der Waals surface area contributed by atoms with Crippen molar-refractivity contribution in [2.45, 2.75) is 57.9 Å². The predicted molar refractivity (Wildman–Crippen MR) is 114 cm³/mol. The normalized spacial score (nSPS) is 17.3. The molecule has 6 N–H and O–H groups in total. The van der Waals surface area contributed by atoms with Gasteiger partial charge in [0, 0.05) is 11.1 Å². The molecule has 0 bridgehead atoms. The van der Waals surface area contributed by atoms with Crippen molar-refractivity contribution < 1.29 is 18.0 Å². The molecule has 1 aromatic heterocycles. The first-order valence-electron chi connectivity index (χ1n) is 9.48. The molecule has 0 atom stereocenters. The number of aryl methyl sites for hydroxylation is 1. The average Bonchev–Trinajstić information content (AvgIpc) is 3.25. The maximum absolute atomic E-state index is 12.6. The number of fused-ring (bicyclic) bond motifs is 2. The van der Waals surface area contributed by atoms with Crippen LogP contribution in [0.2, 0.25) is 0 Å². The van der Waals surface area contributed by atoms with Crippen molar-refractivity contribution in [3.63, 3.8) is 0 Å². The van der Waals surface area contributed by atoms with Crippen LogP contribution in [0.3, 0.4) is 0 Å². The number of alkyl halides is 2. The molecular weight excluding hydrogens is 417 g/mol. The number of hydrogen-bond donors (Lipinski definition) is 4. The predicted octanol–water partition coefficient (Wildman–Crippen LogP) is 3.53. The minimum absolute atomic E-state index is 0.112. The lowest BCUT2D eigenvalue weighted by Crippen LogP contribution is -2.22. The summed E-state index contributed by atoms with van der Waals surface area (Å²) in [6.07, 6.45) is 5.62. The van der Waals surface area contributed by atoms with E-state index in [0.29, 0.717) is 6.21 Å². The monoisotopic (exact) mass is 444 g/mol. The Labute approximate surface area is 178 Å². The highest BCUT2D eigenvalue weighted by Crippen LogP contribution is 2.44. The minimum atomic E-state index is -2.91. The fraction of sp³-hybridized carbons (Fsp3) is 0.526. The van der Waals surface area contributed by atoms with E-state index < -0.39 is 18.4 Å². The lowest BCUT2D eigenvalue weighted by molar-refractivity contribution is 0.160. The first-order valence-corrected chi connectivity index (χ1v) is 10.3. The molecule has 0 spiro atoms. The molecule has 0 aliphatic heterocycles. The zero-order valence-corrected chi connectivity index (χ0v) is 18.0. The van der Waals surface area contributed by atoms with Crippen molar-refractivity contribution in [1.29, 1.82) is 0 Å². The molecule has 0 fully saturated rings. The molecular formula is C19H27F3N6OS. The number of nitrogens with zero attached hydrogens (tertiary/aromatic N) is 2. The van der Waals surface area contributed by atoms with Crippen LogP contribution in [0.5, 0.6) is 0 Å².